The van der Waals surface area contributed by atoms with Crippen molar-refractivity contribution in [3.8, 4) is 0 Å². The van der Waals surface area contributed by atoms with Crippen molar-refractivity contribution in [1.29, 1.82) is 0 Å². The summed E-state index contributed by atoms with van der Waals surface area (Å²) < 4.78 is 1.93. The highest BCUT2D eigenvalue weighted by atomic mass is 16.4. The molecule has 0 aliphatic carbocycles. The maximum atomic E-state index is 12.3. The zero-order valence-electron chi connectivity index (χ0n) is 12.8. The van der Waals surface area contributed by atoms with E-state index in [0.29, 0.717) is 26.1 Å². The largest absolute Gasteiger partial charge is 0.481 e. The van der Waals surface area contributed by atoms with Crippen LogP contribution in [0.15, 0.2) is 12.4 Å². The number of hydrogen-bond donors (Lipinski definition) is 1. The smallest absolute Gasteiger partial charge is 0.308 e. The Labute approximate surface area is 124 Å². The third-order valence-electron chi connectivity index (χ3n) is 4.38. The lowest BCUT2D eigenvalue weighted by molar-refractivity contribution is -0.143. The van der Waals surface area contributed by atoms with E-state index in [1.54, 1.807) is 11.1 Å². The van der Waals surface area contributed by atoms with Gasteiger partial charge in [0.2, 0.25) is 5.91 Å². The number of aromatic nitrogens is 2. The van der Waals surface area contributed by atoms with Crippen molar-refractivity contribution in [1.82, 2.24) is 14.5 Å². The fourth-order valence-corrected chi connectivity index (χ4v) is 2.98. The van der Waals surface area contributed by atoms with E-state index in [4.69, 9.17) is 0 Å². The molecule has 1 aliphatic heterocycles. The molecule has 6 heteroatoms. The maximum Gasteiger partial charge on any atom is 0.308 e. The number of carboxylic acid groups (broad SMARTS) is 1. The number of carboxylic acids is 1. The molecule has 1 aliphatic rings. The zero-order chi connectivity index (χ0) is 15.6. The first-order valence-corrected chi connectivity index (χ1v) is 7.38. The maximum absolute atomic E-state index is 12.3. The van der Waals surface area contributed by atoms with Gasteiger partial charge in [0.05, 0.1) is 5.92 Å². The fourth-order valence-electron chi connectivity index (χ4n) is 2.98. The monoisotopic (exact) mass is 293 g/mol. The number of imidazole rings is 1. The summed E-state index contributed by atoms with van der Waals surface area (Å²) in [4.78, 5) is 29.4. The molecule has 21 heavy (non-hydrogen) atoms. The van der Waals surface area contributed by atoms with E-state index in [1.807, 2.05) is 31.5 Å². The molecule has 1 amide bonds. The van der Waals surface area contributed by atoms with Gasteiger partial charge in [0, 0.05) is 38.4 Å². The lowest BCUT2D eigenvalue weighted by atomic mass is 9.86. The topological polar surface area (TPSA) is 75.4 Å². The minimum Gasteiger partial charge on any atom is -0.481 e. The number of nitrogens with zero attached hydrogens (tertiary/aromatic N) is 3. The van der Waals surface area contributed by atoms with E-state index in [9.17, 15) is 14.7 Å². The molecule has 1 aromatic heterocycles. The number of amides is 1. The molecule has 0 aromatic carbocycles. The summed E-state index contributed by atoms with van der Waals surface area (Å²) in [5, 5.41) is 9.30. The minimum absolute atomic E-state index is 0.0255. The van der Waals surface area contributed by atoms with E-state index >= 15 is 0 Å². The number of aryl methyl sites for hydroxylation is 2. The highest BCUT2D eigenvalue weighted by Crippen LogP contribution is 2.30. The van der Waals surface area contributed by atoms with Crippen LogP contribution in [0.4, 0.5) is 0 Å². The van der Waals surface area contributed by atoms with Gasteiger partial charge in [-0.15, -0.1) is 0 Å². The molecule has 1 N–H and O–H groups in total. The molecule has 0 bridgehead atoms. The highest BCUT2D eigenvalue weighted by molar-refractivity contribution is 5.79. The Morgan fingerprint density at radius 1 is 1.43 bits per heavy atom. The molecule has 0 radical (unpaired) electrons. The normalized spacial score (nSPS) is 22.0. The Kier molecular flexibility index (Phi) is 4.65. The van der Waals surface area contributed by atoms with Crippen LogP contribution < -0.4 is 0 Å². The summed E-state index contributed by atoms with van der Waals surface area (Å²) in [5.41, 5.74) is 0. The Hall–Kier alpha value is -1.85. The lowest BCUT2D eigenvalue weighted by Crippen LogP contribution is -2.30. The van der Waals surface area contributed by atoms with Crippen LogP contribution in [0.2, 0.25) is 0 Å². The molecule has 1 saturated heterocycles. The average molecular weight is 293 g/mol. The van der Waals surface area contributed by atoms with Crippen molar-refractivity contribution in [2.24, 2.45) is 17.8 Å². The summed E-state index contributed by atoms with van der Waals surface area (Å²) in [7, 11) is 0. The molecular formula is C15H23N3O3. The van der Waals surface area contributed by atoms with E-state index in [0.717, 1.165) is 5.82 Å². The van der Waals surface area contributed by atoms with Crippen LogP contribution in [-0.4, -0.2) is 44.5 Å². The van der Waals surface area contributed by atoms with Crippen molar-refractivity contribution in [3.05, 3.63) is 18.2 Å². The molecule has 2 heterocycles. The van der Waals surface area contributed by atoms with Gasteiger partial charge in [0.15, 0.2) is 0 Å². The molecule has 6 nitrogen and oxygen atoms in total. The molecule has 1 aromatic rings. The second kappa shape index (κ2) is 6.28. The number of carbonyl (C=O) groups excluding carboxylic acids is 1. The van der Waals surface area contributed by atoms with Gasteiger partial charge in [-0.3, -0.25) is 9.59 Å². The second-order valence-corrected chi connectivity index (χ2v) is 6.07. The standard InChI is InChI=1S/C15H23N3O3/c1-10(2)12-8-18(9-13(12)15(20)21)14(19)4-6-17-7-5-16-11(17)3/h5,7,10,12-13H,4,6,8-9H2,1-3H3,(H,20,21)/t12-,13+/m0/s1. The molecule has 0 unspecified atom stereocenters. The molecule has 0 saturated carbocycles. The average Bonchev–Trinajstić information content (AvgIpc) is 3.02. The predicted molar refractivity (Wildman–Crippen MR) is 77.6 cm³/mol. The van der Waals surface area contributed by atoms with E-state index < -0.39 is 11.9 Å². The minimum atomic E-state index is -0.797. The lowest BCUT2D eigenvalue weighted by Gasteiger charge is -2.19. The van der Waals surface area contributed by atoms with Gasteiger partial charge in [-0.05, 0) is 18.8 Å². The van der Waals surface area contributed by atoms with Gasteiger partial charge in [-0.2, -0.15) is 0 Å². The highest BCUT2D eigenvalue weighted by Gasteiger charge is 2.40. The fraction of sp³-hybridized carbons (Fsp3) is 0.667. The molecule has 0 spiro atoms. The molecule has 2 atom stereocenters. The summed E-state index contributed by atoms with van der Waals surface area (Å²) in [6.45, 7) is 7.41. The van der Waals surface area contributed by atoms with E-state index in [1.165, 1.54) is 0 Å². The van der Waals surface area contributed by atoms with Crippen molar-refractivity contribution in [2.45, 2.75) is 33.7 Å². The van der Waals surface area contributed by atoms with Gasteiger partial charge in [0.1, 0.15) is 5.82 Å². The Bertz CT molecular complexity index is 524. The van der Waals surface area contributed by atoms with Gasteiger partial charge in [-0.1, -0.05) is 13.8 Å². The van der Waals surface area contributed by atoms with Gasteiger partial charge < -0.3 is 14.6 Å². The first-order chi connectivity index (χ1) is 9.90. The van der Waals surface area contributed by atoms with Crippen molar-refractivity contribution in [3.63, 3.8) is 0 Å². The Morgan fingerprint density at radius 3 is 2.62 bits per heavy atom. The number of hydrogen-bond acceptors (Lipinski definition) is 3. The van der Waals surface area contributed by atoms with Crippen LogP contribution in [0.25, 0.3) is 0 Å². The van der Waals surface area contributed by atoms with Crippen molar-refractivity contribution >= 4 is 11.9 Å². The number of likely N-dealkylation sites (tertiary alicyclic amines) is 1. The van der Waals surface area contributed by atoms with Crippen LogP contribution in [0.1, 0.15) is 26.1 Å². The summed E-state index contributed by atoms with van der Waals surface area (Å²) >= 11 is 0. The van der Waals surface area contributed by atoms with Crippen molar-refractivity contribution in [2.75, 3.05) is 13.1 Å². The first kappa shape index (κ1) is 15.5. The summed E-state index contributed by atoms with van der Waals surface area (Å²) in [6, 6.07) is 0. The second-order valence-electron chi connectivity index (χ2n) is 6.07. The van der Waals surface area contributed by atoms with E-state index in [2.05, 4.69) is 4.98 Å². The number of rotatable bonds is 5. The number of aliphatic carboxylic acids is 1. The molecular weight excluding hydrogens is 270 g/mol. The van der Waals surface area contributed by atoms with Crippen LogP contribution in [-0.2, 0) is 16.1 Å². The van der Waals surface area contributed by atoms with Gasteiger partial charge in [0.25, 0.3) is 0 Å². The first-order valence-electron chi connectivity index (χ1n) is 7.38. The summed E-state index contributed by atoms with van der Waals surface area (Å²) in [5.74, 6) is -0.0233. The zero-order valence-corrected chi connectivity index (χ0v) is 12.8. The molecule has 116 valence electrons. The van der Waals surface area contributed by atoms with Gasteiger partial charge in [-0.25, -0.2) is 4.98 Å². The quantitative estimate of drug-likeness (QED) is 0.890. The summed E-state index contributed by atoms with van der Waals surface area (Å²) in [6.07, 6.45) is 3.95. The van der Waals surface area contributed by atoms with Crippen LogP contribution in [0.3, 0.4) is 0 Å². The third-order valence-corrected chi connectivity index (χ3v) is 4.38. The van der Waals surface area contributed by atoms with E-state index in [-0.39, 0.29) is 17.7 Å². The number of carbonyl (C=O) groups is 2. The molecule has 2 rings (SSSR count). The SMILES string of the molecule is Cc1nccn1CCC(=O)N1C[C@@H](C(=O)O)[C@H](C(C)C)C1. The predicted octanol–water partition coefficient (Wildman–Crippen LogP) is 1.40. The van der Waals surface area contributed by atoms with Crippen LogP contribution >= 0.6 is 0 Å². The Balaban J connectivity index is 1.94. The van der Waals surface area contributed by atoms with Gasteiger partial charge >= 0.3 is 5.97 Å². The Morgan fingerprint density at radius 2 is 2.14 bits per heavy atom. The van der Waals surface area contributed by atoms with Crippen molar-refractivity contribution < 1.29 is 14.7 Å². The third kappa shape index (κ3) is 3.43. The molecule has 1 fully saturated rings. The van der Waals surface area contributed by atoms with Crippen LogP contribution in [0.5, 0.6) is 0 Å². The van der Waals surface area contributed by atoms with Crippen LogP contribution in [0, 0.1) is 24.7 Å².